The average Bonchev–Trinajstić information content (AvgIpc) is 2.82. The molecule has 0 aliphatic heterocycles. The Balaban J connectivity index is 2.46. The van der Waals surface area contributed by atoms with Crippen LogP contribution in [0.4, 0.5) is 5.69 Å². The summed E-state index contributed by atoms with van der Waals surface area (Å²) in [6.07, 6.45) is 2.17. The maximum absolute atomic E-state index is 13.8. The Hall–Kier alpha value is -2.58. The summed E-state index contributed by atoms with van der Waals surface area (Å²) in [6, 6.07) is 13.4. The van der Waals surface area contributed by atoms with E-state index in [0.29, 0.717) is 22.7 Å². The van der Waals surface area contributed by atoms with Crippen LogP contribution in [0.25, 0.3) is 0 Å². The number of hydrogen-bond acceptors (Lipinski definition) is 4. The van der Waals surface area contributed by atoms with Crippen LogP contribution in [0.1, 0.15) is 65.5 Å². The zero-order valence-electron chi connectivity index (χ0n) is 22.9. The molecule has 0 heterocycles. The van der Waals surface area contributed by atoms with Gasteiger partial charge in [-0.05, 0) is 54.5 Å². The van der Waals surface area contributed by atoms with Crippen molar-refractivity contribution in [2.24, 2.45) is 0 Å². The van der Waals surface area contributed by atoms with Crippen LogP contribution in [0.15, 0.2) is 48.5 Å². The van der Waals surface area contributed by atoms with Gasteiger partial charge in [0.05, 0.1) is 11.9 Å². The van der Waals surface area contributed by atoms with Crippen molar-refractivity contribution in [1.82, 2.24) is 10.2 Å². The smallest absolute Gasteiger partial charge is 0.244 e. The van der Waals surface area contributed by atoms with Crippen molar-refractivity contribution in [3.63, 3.8) is 0 Å². The molecule has 0 aromatic heterocycles. The molecular weight excluding hydrogens is 510 g/mol. The fourth-order valence-corrected chi connectivity index (χ4v) is 4.96. The van der Waals surface area contributed by atoms with Crippen molar-refractivity contribution in [3.8, 4) is 0 Å². The van der Waals surface area contributed by atoms with Crippen molar-refractivity contribution in [2.75, 3.05) is 17.1 Å². The summed E-state index contributed by atoms with van der Waals surface area (Å²) in [5.41, 5.74) is 2.00. The van der Waals surface area contributed by atoms with Crippen molar-refractivity contribution in [1.29, 1.82) is 0 Å². The molecule has 0 bridgehead atoms. The van der Waals surface area contributed by atoms with E-state index in [4.69, 9.17) is 11.6 Å². The highest BCUT2D eigenvalue weighted by Crippen LogP contribution is 2.27. The second-order valence-corrected chi connectivity index (χ2v) is 12.7. The number of benzene rings is 2. The number of rotatable bonds is 11. The molecule has 2 rings (SSSR count). The van der Waals surface area contributed by atoms with Gasteiger partial charge in [0.1, 0.15) is 12.6 Å². The maximum Gasteiger partial charge on any atom is 0.244 e. The molecule has 0 aliphatic rings. The fourth-order valence-electron chi connectivity index (χ4n) is 3.91. The molecule has 0 aliphatic carbocycles. The number of anilines is 1. The van der Waals surface area contributed by atoms with E-state index in [1.54, 1.807) is 30.3 Å². The van der Waals surface area contributed by atoms with Gasteiger partial charge in [0.15, 0.2) is 0 Å². The monoisotopic (exact) mass is 549 g/mol. The molecule has 37 heavy (non-hydrogen) atoms. The third kappa shape index (κ3) is 8.47. The van der Waals surface area contributed by atoms with Crippen molar-refractivity contribution < 1.29 is 18.0 Å². The molecule has 2 amide bonds. The minimum Gasteiger partial charge on any atom is -0.352 e. The van der Waals surface area contributed by atoms with Gasteiger partial charge in [-0.1, -0.05) is 76.6 Å². The van der Waals surface area contributed by atoms with Gasteiger partial charge in [-0.3, -0.25) is 13.9 Å². The highest BCUT2D eigenvalue weighted by molar-refractivity contribution is 7.92. The molecule has 2 aromatic rings. The first kappa shape index (κ1) is 30.6. The number of carbonyl (C=O) groups is 2. The number of halogens is 1. The standard InChI is InChI=1S/C28H40ClN3O4S/c1-8-20(3)30-27(34)25(9-2)31(18-21-12-10-11-13-24(21)29)26(33)19-32(37(7,35)36)23-16-14-22(15-17-23)28(4,5)6/h10-17,20,25H,8-9,18-19H2,1-7H3,(H,30,34)/t20-,25-/m1/s1. The molecule has 0 unspecified atom stereocenters. The Morgan fingerprint density at radius 1 is 1.00 bits per heavy atom. The number of amides is 2. The van der Waals surface area contributed by atoms with Crippen LogP contribution in [0.2, 0.25) is 5.02 Å². The first-order valence-electron chi connectivity index (χ1n) is 12.6. The van der Waals surface area contributed by atoms with Crippen LogP contribution < -0.4 is 9.62 Å². The number of nitrogens with zero attached hydrogens (tertiary/aromatic N) is 2. The Kier molecular flexibility index (Phi) is 10.6. The predicted octanol–water partition coefficient (Wildman–Crippen LogP) is 5.13. The van der Waals surface area contributed by atoms with Gasteiger partial charge in [0, 0.05) is 17.6 Å². The van der Waals surface area contributed by atoms with E-state index in [-0.39, 0.29) is 23.9 Å². The van der Waals surface area contributed by atoms with Gasteiger partial charge in [-0.25, -0.2) is 8.42 Å². The van der Waals surface area contributed by atoms with Crippen molar-refractivity contribution >= 4 is 39.1 Å². The lowest BCUT2D eigenvalue weighted by Crippen LogP contribution is -2.53. The topological polar surface area (TPSA) is 86.8 Å². The first-order valence-corrected chi connectivity index (χ1v) is 14.8. The highest BCUT2D eigenvalue weighted by Gasteiger charge is 2.32. The molecule has 0 spiro atoms. The molecule has 2 aromatic carbocycles. The summed E-state index contributed by atoms with van der Waals surface area (Å²) in [6.45, 7) is 11.5. The van der Waals surface area contributed by atoms with E-state index in [0.717, 1.165) is 22.5 Å². The number of nitrogens with one attached hydrogen (secondary N) is 1. The van der Waals surface area contributed by atoms with Gasteiger partial charge in [-0.2, -0.15) is 0 Å². The molecule has 0 fully saturated rings. The summed E-state index contributed by atoms with van der Waals surface area (Å²) in [7, 11) is -3.79. The summed E-state index contributed by atoms with van der Waals surface area (Å²) in [5, 5.41) is 3.42. The van der Waals surface area contributed by atoms with E-state index < -0.39 is 28.5 Å². The zero-order valence-corrected chi connectivity index (χ0v) is 24.5. The lowest BCUT2D eigenvalue weighted by molar-refractivity contribution is -0.140. The molecule has 9 heteroatoms. The van der Waals surface area contributed by atoms with Crippen molar-refractivity contribution in [3.05, 3.63) is 64.7 Å². The normalized spacial score (nSPS) is 13.5. The molecule has 7 nitrogen and oxygen atoms in total. The van der Waals surface area contributed by atoms with Gasteiger partial charge in [-0.15, -0.1) is 0 Å². The zero-order chi connectivity index (χ0) is 28.0. The van der Waals surface area contributed by atoms with Crippen LogP contribution in [0.3, 0.4) is 0 Å². The Bertz CT molecular complexity index is 1180. The minimum absolute atomic E-state index is 0.0623. The summed E-state index contributed by atoms with van der Waals surface area (Å²) < 4.78 is 26.7. The van der Waals surface area contributed by atoms with E-state index in [9.17, 15) is 18.0 Å². The molecule has 2 atom stereocenters. The van der Waals surface area contributed by atoms with Crippen molar-refractivity contribution in [2.45, 2.75) is 78.4 Å². The number of sulfonamides is 1. The molecule has 0 radical (unpaired) electrons. The third-order valence-electron chi connectivity index (χ3n) is 6.39. The Labute approximate surface area is 227 Å². The van der Waals surface area contributed by atoms with E-state index >= 15 is 0 Å². The van der Waals surface area contributed by atoms with E-state index in [2.05, 4.69) is 26.1 Å². The van der Waals surface area contributed by atoms with Crippen LogP contribution in [0, 0.1) is 0 Å². The fraction of sp³-hybridized carbons (Fsp3) is 0.500. The largest absolute Gasteiger partial charge is 0.352 e. The third-order valence-corrected chi connectivity index (χ3v) is 7.90. The van der Waals surface area contributed by atoms with Crippen LogP contribution in [0.5, 0.6) is 0 Å². The van der Waals surface area contributed by atoms with Gasteiger partial charge in [0.25, 0.3) is 0 Å². The molecule has 1 N–H and O–H groups in total. The highest BCUT2D eigenvalue weighted by atomic mass is 35.5. The Morgan fingerprint density at radius 3 is 2.08 bits per heavy atom. The quantitative estimate of drug-likeness (QED) is 0.421. The number of carbonyl (C=O) groups excluding carboxylic acids is 2. The lowest BCUT2D eigenvalue weighted by atomic mass is 9.87. The van der Waals surface area contributed by atoms with Gasteiger partial charge < -0.3 is 10.2 Å². The summed E-state index contributed by atoms with van der Waals surface area (Å²) in [4.78, 5) is 28.4. The van der Waals surface area contributed by atoms with Crippen LogP contribution in [-0.2, 0) is 31.6 Å². The molecule has 0 saturated carbocycles. The first-order chi connectivity index (χ1) is 17.2. The van der Waals surface area contributed by atoms with E-state index in [1.807, 2.05) is 39.0 Å². The molecule has 0 saturated heterocycles. The molecule has 204 valence electrons. The number of hydrogen-bond donors (Lipinski definition) is 1. The van der Waals surface area contributed by atoms with Gasteiger partial charge in [0.2, 0.25) is 21.8 Å². The second kappa shape index (κ2) is 12.8. The van der Waals surface area contributed by atoms with Crippen LogP contribution >= 0.6 is 11.6 Å². The summed E-state index contributed by atoms with van der Waals surface area (Å²) in [5.74, 6) is -0.769. The summed E-state index contributed by atoms with van der Waals surface area (Å²) >= 11 is 6.39. The maximum atomic E-state index is 13.8. The second-order valence-electron chi connectivity index (χ2n) is 10.4. The van der Waals surface area contributed by atoms with Crippen LogP contribution in [-0.4, -0.2) is 50.0 Å². The SMILES string of the molecule is CC[C@@H](C)NC(=O)[C@@H](CC)N(Cc1ccccc1Cl)C(=O)CN(c1ccc(C(C)(C)C)cc1)S(C)(=O)=O. The Morgan fingerprint density at radius 2 is 1.59 bits per heavy atom. The average molecular weight is 550 g/mol. The minimum atomic E-state index is -3.79. The van der Waals surface area contributed by atoms with E-state index in [1.165, 1.54) is 4.90 Å². The predicted molar refractivity (Wildman–Crippen MR) is 151 cm³/mol. The molecular formula is C28H40ClN3O4S. The lowest BCUT2D eigenvalue weighted by Gasteiger charge is -2.33. The van der Waals surface area contributed by atoms with Gasteiger partial charge >= 0.3 is 0 Å².